The van der Waals surface area contributed by atoms with E-state index in [4.69, 9.17) is 5.73 Å². The smallest absolute Gasteiger partial charge is 0.383 e. The van der Waals surface area contributed by atoms with Crippen LogP contribution in [-0.2, 0) is 12.7 Å². The Morgan fingerprint density at radius 2 is 1.67 bits per heavy atom. The van der Waals surface area contributed by atoms with E-state index >= 15 is 0 Å². The number of anilines is 2. The van der Waals surface area contributed by atoms with Gasteiger partial charge in [-0.05, 0) is 41.8 Å². The fourth-order valence-corrected chi connectivity index (χ4v) is 3.76. The minimum absolute atomic E-state index is 0.137. The lowest BCUT2D eigenvalue weighted by Crippen LogP contribution is -2.36. The summed E-state index contributed by atoms with van der Waals surface area (Å²) >= 11 is 0. The molecule has 180 valence electrons. The number of nitrogens with zero attached hydrogens (tertiary/aromatic N) is 5. The molecule has 0 saturated carbocycles. The zero-order valence-corrected chi connectivity index (χ0v) is 18.6. The van der Waals surface area contributed by atoms with Crippen LogP contribution < -0.4 is 11.2 Å². The van der Waals surface area contributed by atoms with Gasteiger partial charge in [0.05, 0.1) is 23.3 Å². The van der Waals surface area contributed by atoms with Crippen molar-refractivity contribution in [3.8, 4) is 0 Å². The largest absolute Gasteiger partial charge is 0.417 e. The maximum atomic E-state index is 13.6. The number of hydrogen-bond acceptors (Lipinski definition) is 7. The van der Waals surface area contributed by atoms with E-state index in [-0.39, 0.29) is 18.2 Å². The molecule has 0 saturated heterocycles. The quantitative estimate of drug-likeness (QED) is 0.268. The van der Waals surface area contributed by atoms with Crippen molar-refractivity contribution in [2.75, 3.05) is 11.2 Å². The number of rotatable bonds is 5. The van der Waals surface area contributed by atoms with Gasteiger partial charge in [0.1, 0.15) is 5.82 Å². The molecule has 36 heavy (non-hydrogen) atoms. The number of nitrogens with one attached hydrogen (secondary N) is 1. The van der Waals surface area contributed by atoms with Gasteiger partial charge >= 0.3 is 6.18 Å². The molecule has 5 aromatic rings. The summed E-state index contributed by atoms with van der Waals surface area (Å²) in [5.74, 6) is 0.0560. The lowest BCUT2D eigenvalue weighted by atomic mass is 10.0. The van der Waals surface area contributed by atoms with E-state index in [1.54, 1.807) is 24.3 Å². The molecular weight excluding hydrogens is 471 g/mol. The SMILES string of the molecule is Nc1nc2ccc(C(=O)N(Cc3ccc(C(F)(F)F)cn3)Nc3ncccn3)cc2c2ccccc12. The maximum Gasteiger partial charge on any atom is 0.417 e. The minimum atomic E-state index is -4.51. The highest BCUT2D eigenvalue weighted by molar-refractivity contribution is 6.11. The predicted octanol–water partition coefficient (Wildman–Crippen LogP) is 4.84. The first-order valence-electron chi connectivity index (χ1n) is 10.8. The number of carbonyl (C=O) groups is 1. The first-order valence-corrected chi connectivity index (χ1v) is 10.8. The molecule has 0 bridgehead atoms. The summed E-state index contributed by atoms with van der Waals surface area (Å²) in [4.78, 5) is 30.0. The molecule has 2 aromatic carbocycles. The highest BCUT2D eigenvalue weighted by Gasteiger charge is 2.31. The number of hydrogen-bond donors (Lipinski definition) is 2. The molecule has 0 spiro atoms. The second-order valence-electron chi connectivity index (χ2n) is 7.89. The number of fused-ring (bicyclic) bond motifs is 3. The highest BCUT2D eigenvalue weighted by Crippen LogP contribution is 2.30. The maximum absolute atomic E-state index is 13.6. The minimum Gasteiger partial charge on any atom is -0.383 e. The fourth-order valence-electron chi connectivity index (χ4n) is 3.76. The standard InChI is InChI=1S/C25H18F3N7O/c26-25(27,28)16-7-8-17(32-13-16)14-35(34-24-30-10-3-11-31-24)23(36)15-6-9-21-20(12-15)18-4-1-2-5-19(18)22(29)33-21/h1-13H,14H2,(H2,29,33)(H,30,31,34). The van der Waals surface area contributed by atoms with Gasteiger partial charge in [-0.25, -0.2) is 20.0 Å². The molecule has 5 rings (SSSR count). The summed E-state index contributed by atoms with van der Waals surface area (Å²) in [5, 5.41) is 3.52. The van der Waals surface area contributed by atoms with Gasteiger partial charge < -0.3 is 5.73 Å². The molecule has 3 heterocycles. The van der Waals surface area contributed by atoms with Crippen molar-refractivity contribution in [2.24, 2.45) is 0 Å². The van der Waals surface area contributed by atoms with Crippen molar-refractivity contribution >= 4 is 39.3 Å². The Balaban J connectivity index is 1.52. The zero-order chi connectivity index (χ0) is 25.3. The molecule has 0 unspecified atom stereocenters. The third-order valence-electron chi connectivity index (χ3n) is 5.50. The van der Waals surface area contributed by atoms with E-state index in [1.807, 2.05) is 24.3 Å². The molecule has 8 nitrogen and oxygen atoms in total. The molecule has 0 aliphatic carbocycles. The number of pyridine rings is 2. The van der Waals surface area contributed by atoms with E-state index in [2.05, 4.69) is 25.4 Å². The Hall–Kier alpha value is -4.80. The number of hydrazine groups is 1. The topological polar surface area (TPSA) is 110 Å². The molecule has 11 heteroatoms. The second kappa shape index (κ2) is 9.10. The number of alkyl halides is 3. The van der Waals surface area contributed by atoms with Gasteiger partial charge in [-0.15, -0.1) is 0 Å². The summed E-state index contributed by atoms with van der Waals surface area (Å²) in [7, 11) is 0. The molecule has 0 atom stereocenters. The lowest BCUT2D eigenvalue weighted by molar-refractivity contribution is -0.137. The number of benzene rings is 2. The number of aromatic nitrogens is 4. The van der Waals surface area contributed by atoms with Crippen LogP contribution in [0.5, 0.6) is 0 Å². The van der Waals surface area contributed by atoms with E-state index in [9.17, 15) is 18.0 Å². The van der Waals surface area contributed by atoms with Crippen LogP contribution in [0.4, 0.5) is 24.9 Å². The Morgan fingerprint density at radius 1 is 0.917 bits per heavy atom. The highest BCUT2D eigenvalue weighted by atomic mass is 19.4. The van der Waals surface area contributed by atoms with Crippen LogP contribution in [-0.4, -0.2) is 30.9 Å². The monoisotopic (exact) mass is 489 g/mol. The molecule has 0 radical (unpaired) electrons. The van der Waals surface area contributed by atoms with E-state index in [0.29, 0.717) is 16.9 Å². The average molecular weight is 489 g/mol. The fraction of sp³-hybridized carbons (Fsp3) is 0.0800. The van der Waals surface area contributed by atoms with Gasteiger partial charge in [0.15, 0.2) is 0 Å². The first kappa shape index (κ1) is 23.0. The predicted molar refractivity (Wildman–Crippen MR) is 128 cm³/mol. The van der Waals surface area contributed by atoms with Gasteiger partial charge in [0.25, 0.3) is 5.91 Å². The van der Waals surface area contributed by atoms with Crippen molar-refractivity contribution in [1.82, 2.24) is 24.9 Å². The first-order chi connectivity index (χ1) is 17.3. The third kappa shape index (κ3) is 4.58. The van der Waals surface area contributed by atoms with Gasteiger partial charge in [-0.3, -0.25) is 15.2 Å². The van der Waals surface area contributed by atoms with E-state index < -0.39 is 17.6 Å². The van der Waals surface area contributed by atoms with Gasteiger partial charge in [-0.1, -0.05) is 24.3 Å². The summed E-state index contributed by atoms with van der Waals surface area (Å²) < 4.78 is 38.8. The molecule has 3 aromatic heterocycles. The number of nitrogens with two attached hydrogens (primary N) is 1. The zero-order valence-electron chi connectivity index (χ0n) is 18.6. The van der Waals surface area contributed by atoms with Crippen LogP contribution in [0, 0.1) is 0 Å². The van der Waals surface area contributed by atoms with Crippen molar-refractivity contribution in [1.29, 1.82) is 0 Å². The molecule has 0 fully saturated rings. The van der Waals surface area contributed by atoms with Crippen LogP contribution in [0.15, 0.2) is 79.3 Å². The Labute approximate surface area is 202 Å². The van der Waals surface area contributed by atoms with Crippen molar-refractivity contribution < 1.29 is 18.0 Å². The van der Waals surface area contributed by atoms with Crippen LogP contribution in [0.1, 0.15) is 21.6 Å². The van der Waals surface area contributed by atoms with Crippen LogP contribution >= 0.6 is 0 Å². The second-order valence-corrected chi connectivity index (χ2v) is 7.89. The van der Waals surface area contributed by atoms with Gasteiger partial charge in [0, 0.05) is 34.9 Å². The normalized spacial score (nSPS) is 11.5. The molecule has 1 amide bonds. The number of nitrogen functional groups attached to an aromatic ring is 1. The summed E-state index contributed by atoms with van der Waals surface area (Å²) in [5.41, 5.74) is 9.21. The van der Waals surface area contributed by atoms with Crippen LogP contribution in [0.3, 0.4) is 0 Å². The number of carbonyl (C=O) groups excluding carboxylic acids is 1. The van der Waals surface area contributed by atoms with Gasteiger partial charge in [-0.2, -0.15) is 13.2 Å². The Morgan fingerprint density at radius 3 is 2.36 bits per heavy atom. The average Bonchev–Trinajstić information content (AvgIpc) is 2.88. The van der Waals surface area contributed by atoms with E-state index in [0.717, 1.165) is 28.4 Å². The third-order valence-corrected chi connectivity index (χ3v) is 5.50. The molecule has 0 aliphatic rings. The summed E-state index contributed by atoms with van der Waals surface area (Å²) in [6.07, 6.45) is -0.795. The number of amides is 1. The van der Waals surface area contributed by atoms with Crippen LogP contribution in [0.25, 0.3) is 21.7 Å². The van der Waals surface area contributed by atoms with Crippen molar-refractivity contribution in [2.45, 2.75) is 12.7 Å². The molecular formula is C25H18F3N7O. The van der Waals surface area contributed by atoms with E-state index in [1.165, 1.54) is 23.5 Å². The van der Waals surface area contributed by atoms with Crippen molar-refractivity contribution in [3.05, 3.63) is 96.1 Å². The summed E-state index contributed by atoms with van der Waals surface area (Å²) in [6, 6.07) is 16.2. The van der Waals surface area contributed by atoms with Crippen molar-refractivity contribution in [3.63, 3.8) is 0 Å². The Bertz CT molecular complexity index is 1560. The molecule has 3 N–H and O–H groups in total. The van der Waals surface area contributed by atoms with Crippen LogP contribution in [0.2, 0.25) is 0 Å². The van der Waals surface area contributed by atoms with Gasteiger partial charge in [0.2, 0.25) is 5.95 Å². The lowest BCUT2D eigenvalue weighted by Gasteiger charge is -2.23. The molecule has 0 aliphatic heterocycles. The number of halogens is 3. The Kier molecular flexibility index (Phi) is 5.80. The summed E-state index contributed by atoms with van der Waals surface area (Å²) in [6.45, 7) is -0.145.